The summed E-state index contributed by atoms with van der Waals surface area (Å²) in [5.74, 6) is -0.0749. The molecule has 27 heavy (non-hydrogen) atoms. The second-order valence-electron chi connectivity index (χ2n) is 6.55. The summed E-state index contributed by atoms with van der Waals surface area (Å²) in [6, 6.07) is 13.5. The lowest BCUT2D eigenvalue weighted by Gasteiger charge is -2.32. The Labute approximate surface area is 166 Å². The van der Waals surface area contributed by atoms with E-state index < -0.39 is 10.0 Å². The van der Waals surface area contributed by atoms with Crippen molar-refractivity contribution in [1.29, 1.82) is 0 Å². The van der Waals surface area contributed by atoms with Gasteiger partial charge in [0.25, 0.3) is 15.9 Å². The lowest BCUT2D eigenvalue weighted by Crippen LogP contribution is -2.51. The molecule has 8 heteroatoms. The van der Waals surface area contributed by atoms with Crippen LogP contribution in [0, 0.1) is 6.92 Å². The molecule has 0 aliphatic carbocycles. The highest BCUT2D eigenvalue weighted by Crippen LogP contribution is 2.20. The standard InChI is InChI=1S/C19H23N3O3S.ClH/c1-14-5-3-4-6-18(14)21-26(24,25)17-9-7-16(8-10-17)19(23)22-12-11-20-15(2)13-22;/h3-10,15,20-21H,11-13H2,1-2H3;1H. The van der Waals surface area contributed by atoms with Crippen LogP contribution in [0.4, 0.5) is 5.69 Å². The molecule has 1 aliphatic heterocycles. The van der Waals surface area contributed by atoms with Crippen LogP contribution in [-0.2, 0) is 10.0 Å². The monoisotopic (exact) mass is 409 g/mol. The molecule has 6 nitrogen and oxygen atoms in total. The predicted octanol–water partition coefficient (Wildman–Crippen LogP) is 2.65. The third kappa shape index (κ3) is 5.00. The van der Waals surface area contributed by atoms with Gasteiger partial charge < -0.3 is 10.2 Å². The fraction of sp³-hybridized carbons (Fsp3) is 0.316. The molecule has 0 saturated carbocycles. The van der Waals surface area contributed by atoms with Crippen LogP contribution in [0.5, 0.6) is 0 Å². The van der Waals surface area contributed by atoms with E-state index in [1.54, 1.807) is 29.2 Å². The number of nitrogens with zero attached hydrogens (tertiary/aromatic N) is 1. The Hall–Kier alpha value is -2.09. The summed E-state index contributed by atoms with van der Waals surface area (Å²) in [6.45, 7) is 5.94. The van der Waals surface area contributed by atoms with Crippen LogP contribution >= 0.6 is 12.4 Å². The molecule has 2 N–H and O–H groups in total. The predicted molar refractivity (Wildman–Crippen MR) is 109 cm³/mol. The largest absolute Gasteiger partial charge is 0.336 e. The van der Waals surface area contributed by atoms with Crippen LogP contribution in [-0.4, -0.2) is 44.9 Å². The minimum atomic E-state index is -3.70. The average Bonchev–Trinajstić information content (AvgIpc) is 2.63. The lowest BCUT2D eigenvalue weighted by atomic mass is 10.1. The van der Waals surface area contributed by atoms with Crippen molar-refractivity contribution >= 4 is 34.0 Å². The van der Waals surface area contributed by atoms with E-state index in [1.165, 1.54) is 12.1 Å². The summed E-state index contributed by atoms with van der Waals surface area (Å²) in [5, 5.41) is 3.29. The van der Waals surface area contributed by atoms with E-state index in [0.717, 1.165) is 12.1 Å². The number of para-hydroxylation sites is 1. The van der Waals surface area contributed by atoms with E-state index in [2.05, 4.69) is 10.0 Å². The molecule has 1 amide bonds. The van der Waals surface area contributed by atoms with Crippen molar-refractivity contribution in [2.45, 2.75) is 24.8 Å². The van der Waals surface area contributed by atoms with E-state index in [0.29, 0.717) is 24.3 Å². The molecular formula is C19H24ClN3O3S. The maximum absolute atomic E-state index is 12.6. The van der Waals surface area contributed by atoms with Crippen molar-refractivity contribution in [2.75, 3.05) is 24.4 Å². The van der Waals surface area contributed by atoms with Crippen molar-refractivity contribution in [3.63, 3.8) is 0 Å². The number of rotatable bonds is 4. The number of hydrogen-bond donors (Lipinski definition) is 2. The lowest BCUT2D eigenvalue weighted by molar-refractivity contribution is 0.0709. The van der Waals surface area contributed by atoms with Crippen LogP contribution in [0.3, 0.4) is 0 Å². The summed E-state index contributed by atoms with van der Waals surface area (Å²) in [6.07, 6.45) is 0. The first-order valence-electron chi connectivity index (χ1n) is 8.58. The van der Waals surface area contributed by atoms with Gasteiger partial charge in [0.2, 0.25) is 0 Å². The van der Waals surface area contributed by atoms with Crippen molar-refractivity contribution in [2.24, 2.45) is 0 Å². The number of sulfonamides is 1. The molecule has 2 aromatic rings. The van der Waals surface area contributed by atoms with E-state index >= 15 is 0 Å². The Morgan fingerprint density at radius 1 is 1.15 bits per heavy atom. The number of piperazine rings is 1. The van der Waals surface area contributed by atoms with Crippen molar-refractivity contribution in [1.82, 2.24) is 10.2 Å². The average molecular weight is 410 g/mol. The summed E-state index contributed by atoms with van der Waals surface area (Å²) < 4.78 is 27.7. The van der Waals surface area contributed by atoms with Gasteiger partial charge >= 0.3 is 0 Å². The number of hydrogen-bond acceptors (Lipinski definition) is 4. The Bertz CT molecular complexity index is 901. The molecule has 1 fully saturated rings. The van der Waals surface area contributed by atoms with E-state index in [4.69, 9.17) is 0 Å². The number of amides is 1. The van der Waals surface area contributed by atoms with Crippen LogP contribution in [0.2, 0.25) is 0 Å². The van der Waals surface area contributed by atoms with Crippen molar-refractivity contribution < 1.29 is 13.2 Å². The van der Waals surface area contributed by atoms with Crippen LogP contribution in [0.15, 0.2) is 53.4 Å². The topological polar surface area (TPSA) is 78.5 Å². The number of carbonyl (C=O) groups excluding carboxylic acids is 1. The van der Waals surface area contributed by atoms with E-state index in [-0.39, 0.29) is 29.3 Å². The zero-order valence-corrected chi connectivity index (χ0v) is 16.9. The molecule has 1 aliphatic rings. The molecule has 0 aromatic heterocycles. The molecule has 0 bridgehead atoms. The number of benzene rings is 2. The summed E-state index contributed by atoms with van der Waals surface area (Å²) >= 11 is 0. The van der Waals surface area contributed by atoms with E-state index in [9.17, 15) is 13.2 Å². The normalized spacial score (nSPS) is 17.1. The van der Waals surface area contributed by atoms with Crippen LogP contribution in [0.1, 0.15) is 22.8 Å². The maximum atomic E-state index is 12.6. The molecule has 1 saturated heterocycles. The van der Waals surface area contributed by atoms with Gasteiger partial charge in [0.05, 0.1) is 10.6 Å². The second kappa shape index (κ2) is 8.73. The zero-order valence-electron chi connectivity index (χ0n) is 15.3. The molecular weight excluding hydrogens is 386 g/mol. The molecule has 3 rings (SSSR count). The third-order valence-corrected chi connectivity index (χ3v) is 5.84. The number of halogens is 1. The van der Waals surface area contributed by atoms with Crippen LogP contribution in [0.25, 0.3) is 0 Å². The Kier molecular flexibility index (Phi) is 6.86. The highest BCUT2D eigenvalue weighted by Gasteiger charge is 2.22. The molecule has 146 valence electrons. The van der Waals surface area contributed by atoms with Gasteiger partial charge in [0.15, 0.2) is 0 Å². The van der Waals surface area contributed by atoms with Gasteiger partial charge in [-0.1, -0.05) is 18.2 Å². The summed E-state index contributed by atoms with van der Waals surface area (Å²) in [5.41, 5.74) is 1.88. The van der Waals surface area contributed by atoms with E-state index in [1.807, 2.05) is 26.0 Å². The Morgan fingerprint density at radius 3 is 2.44 bits per heavy atom. The highest BCUT2D eigenvalue weighted by molar-refractivity contribution is 7.92. The van der Waals surface area contributed by atoms with Crippen LogP contribution < -0.4 is 10.0 Å². The van der Waals surface area contributed by atoms with Gasteiger partial charge in [-0.3, -0.25) is 9.52 Å². The minimum absolute atomic E-state index is 0. The molecule has 1 unspecified atom stereocenters. The maximum Gasteiger partial charge on any atom is 0.261 e. The third-order valence-electron chi connectivity index (χ3n) is 4.46. The van der Waals surface area contributed by atoms with Gasteiger partial charge in [-0.25, -0.2) is 8.42 Å². The first-order valence-corrected chi connectivity index (χ1v) is 10.1. The number of aryl methyl sites for hydroxylation is 1. The molecule has 0 radical (unpaired) electrons. The quantitative estimate of drug-likeness (QED) is 0.813. The molecule has 1 atom stereocenters. The molecule has 2 aromatic carbocycles. The number of carbonyl (C=O) groups is 1. The molecule has 1 heterocycles. The molecule has 0 spiro atoms. The Morgan fingerprint density at radius 2 is 1.81 bits per heavy atom. The number of nitrogens with one attached hydrogen (secondary N) is 2. The summed E-state index contributed by atoms with van der Waals surface area (Å²) in [7, 11) is -3.70. The fourth-order valence-electron chi connectivity index (χ4n) is 2.97. The minimum Gasteiger partial charge on any atom is -0.336 e. The SMILES string of the molecule is Cc1ccccc1NS(=O)(=O)c1ccc(C(=O)N2CCNC(C)C2)cc1.Cl. The summed E-state index contributed by atoms with van der Waals surface area (Å²) in [4.78, 5) is 14.5. The van der Waals surface area contributed by atoms with Gasteiger partial charge in [0, 0.05) is 31.2 Å². The van der Waals surface area contributed by atoms with Gasteiger partial charge in [-0.2, -0.15) is 0 Å². The first kappa shape index (κ1) is 21.2. The number of anilines is 1. The van der Waals surface area contributed by atoms with Gasteiger partial charge in [0.1, 0.15) is 0 Å². The fourth-order valence-corrected chi connectivity index (χ4v) is 4.10. The Balaban J connectivity index is 0.00000261. The first-order chi connectivity index (χ1) is 12.4. The van der Waals surface area contributed by atoms with Gasteiger partial charge in [-0.05, 0) is 49.7 Å². The highest BCUT2D eigenvalue weighted by atomic mass is 35.5. The zero-order chi connectivity index (χ0) is 18.7. The second-order valence-corrected chi connectivity index (χ2v) is 8.23. The van der Waals surface area contributed by atoms with Gasteiger partial charge in [-0.15, -0.1) is 12.4 Å². The van der Waals surface area contributed by atoms with Crippen molar-refractivity contribution in [3.05, 3.63) is 59.7 Å². The van der Waals surface area contributed by atoms with Crippen molar-refractivity contribution in [3.8, 4) is 0 Å². The smallest absolute Gasteiger partial charge is 0.261 e.